The van der Waals surface area contributed by atoms with Gasteiger partial charge in [0.05, 0.1) is 0 Å². The van der Waals surface area contributed by atoms with Gasteiger partial charge in [-0.3, -0.25) is 0 Å². The normalized spacial score (nSPS) is 29.0. The SMILES string of the molecule is CC1(C)C2CCNCC2C(c2nccs2)OS1(c1ccccc1)c1ccccc1. The predicted molar refractivity (Wildman–Crippen MR) is 121 cm³/mol. The van der Waals surface area contributed by atoms with E-state index in [0.29, 0.717) is 11.8 Å². The fourth-order valence-electron chi connectivity index (χ4n) is 5.31. The average Bonchev–Trinajstić information content (AvgIpc) is 3.30. The smallest absolute Gasteiger partial charge is 0.127 e. The van der Waals surface area contributed by atoms with Crippen LogP contribution in [-0.4, -0.2) is 22.8 Å². The van der Waals surface area contributed by atoms with E-state index < -0.39 is 10.3 Å². The van der Waals surface area contributed by atoms with Crippen molar-refractivity contribution in [2.75, 3.05) is 13.1 Å². The maximum atomic E-state index is 7.37. The molecule has 0 amide bonds. The van der Waals surface area contributed by atoms with E-state index in [0.717, 1.165) is 18.1 Å². The average molecular weight is 425 g/mol. The minimum absolute atomic E-state index is 0.0102. The zero-order valence-corrected chi connectivity index (χ0v) is 18.6. The van der Waals surface area contributed by atoms with Crippen LogP contribution >= 0.6 is 21.6 Å². The Morgan fingerprint density at radius 1 is 1.03 bits per heavy atom. The van der Waals surface area contributed by atoms with Gasteiger partial charge in [-0.1, -0.05) is 46.7 Å². The van der Waals surface area contributed by atoms with Gasteiger partial charge in [0.25, 0.3) is 0 Å². The van der Waals surface area contributed by atoms with Crippen LogP contribution in [0.5, 0.6) is 0 Å². The lowest BCUT2D eigenvalue weighted by Gasteiger charge is -2.63. The summed E-state index contributed by atoms with van der Waals surface area (Å²) in [6.45, 7) is 6.97. The Bertz CT molecular complexity index is 904. The third-order valence-electron chi connectivity index (χ3n) is 6.64. The molecule has 2 aliphatic heterocycles. The molecule has 2 fully saturated rings. The molecule has 3 heterocycles. The molecule has 2 saturated heterocycles. The number of benzene rings is 2. The highest BCUT2D eigenvalue weighted by Crippen LogP contribution is 2.79. The Kier molecular flexibility index (Phi) is 5.03. The topological polar surface area (TPSA) is 34.2 Å². The number of nitrogens with one attached hydrogen (secondary N) is 1. The molecular formula is C24H28N2OS2. The Morgan fingerprint density at radius 2 is 1.69 bits per heavy atom. The second-order valence-electron chi connectivity index (χ2n) is 8.44. The summed E-state index contributed by atoms with van der Waals surface area (Å²) < 4.78 is 7.38. The first-order valence-electron chi connectivity index (χ1n) is 10.4. The van der Waals surface area contributed by atoms with Crippen molar-refractivity contribution in [3.05, 3.63) is 77.2 Å². The molecule has 3 unspecified atom stereocenters. The van der Waals surface area contributed by atoms with Gasteiger partial charge in [0, 0.05) is 38.6 Å². The van der Waals surface area contributed by atoms with Gasteiger partial charge in [-0.25, -0.2) is 4.98 Å². The van der Waals surface area contributed by atoms with Gasteiger partial charge in [0.1, 0.15) is 11.1 Å². The van der Waals surface area contributed by atoms with Crippen molar-refractivity contribution >= 4 is 21.6 Å². The standard InChI is InChI=1S/C24H28N2OS2/c1-24(2)21-13-14-25-17-20(21)22(23-26-15-16-28-23)27-29(24,18-9-5-3-6-10-18)19-11-7-4-8-12-19/h3-12,15-16,20-22,25H,13-14,17H2,1-2H3. The molecule has 0 spiro atoms. The molecule has 0 bridgehead atoms. The minimum Gasteiger partial charge on any atom is -0.317 e. The molecule has 5 rings (SSSR count). The first-order valence-corrected chi connectivity index (χ1v) is 12.8. The van der Waals surface area contributed by atoms with Crippen molar-refractivity contribution < 1.29 is 4.18 Å². The van der Waals surface area contributed by atoms with Crippen LogP contribution in [0.2, 0.25) is 0 Å². The summed E-state index contributed by atoms with van der Waals surface area (Å²) in [5, 5.41) is 6.82. The third-order valence-corrected chi connectivity index (χ3v) is 11.6. The van der Waals surface area contributed by atoms with Gasteiger partial charge in [0.2, 0.25) is 0 Å². The van der Waals surface area contributed by atoms with Crippen molar-refractivity contribution in [3.63, 3.8) is 0 Å². The Morgan fingerprint density at radius 3 is 2.28 bits per heavy atom. The molecule has 1 N–H and O–H groups in total. The molecular weight excluding hydrogens is 396 g/mol. The molecule has 3 atom stereocenters. The third kappa shape index (κ3) is 2.98. The summed E-state index contributed by atoms with van der Waals surface area (Å²) in [4.78, 5) is 7.34. The Balaban J connectivity index is 1.76. The first kappa shape index (κ1) is 19.3. The molecule has 152 valence electrons. The molecule has 2 aliphatic rings. The Labute approximate surface area is 179 Å². The van der Waals surface area contributed by atoms with Crippen LogP contribution in [0.1, 0.15) is 31.4 Å². The minimum atomic E-state index is -1.74. The van der Waals surface area contributed by atoms with Crippen LogP contribution in [0, 0.1) is 11.8 Å². The van der Waals surface area contributed by atoms with Crippen LogP contribution in [0.3, 0.4) is 0 Å². The largest absolute Gasteiger partial charge is 0.317 e. The zero-order valence-electron chi connectivity index (χ0n) is 17.0. The molecule has 1 aromatic heterocycles. The number of rotatable bonds is 3. The van der Waals surface area contributed by atoms with Gasteiger partial charge in [0.15, 0.2) is 0 Å². The van der Waals surface area contributed by atoms with E-state index in [1.807, 2.05) is 6.20 Å². The van der Waals surface area contributed by atoms with Crippen molar-refractivity contribution in [2.24, 2.45) is 11.8 Å². The second-order valence-corrected chi connectivity index (χ2v) is 12.7. The maximum absolute atomic E-state index is 7.37. The van der Waals surface area contributed by atoms with Crippen molar-refractivity contribution in [3.8, 4) is 0 Å². The number of aromatic nitrogens is 1. The summed E-state index contributed by atoms with van der Waals surface area (Å²) in [6, 6.07) is 21.9. The monoisotopic (exact) mass is 424 g/mol. The van der Waals surface area contributed by atoms with Crippen LogP contribution in [0.25, 0.3) is 0 Å². The highest BCUT2D eigenvalue weighted by Gasteiger charge is 2.59. The maximum Gasteiger partial charge on any atom is 0.127 e. The fraction of sp³-hybridized carbons (Fsp3) is 0.375. The molecule has 3 aromatic rings. The van der Waals surface area contributed by atoms with E-state index in [1.165, 1.54) is 16.2 Å². The molecule has 0 aliphatic carbocycles. The highest BCUT2D eigenvalue weighted by molar-refractivity contribution is 8.31. The first-order chi connectivity index (χ1) is 14.1. The molecule has 29 heavy (non-hydrogen) atoms. The van der Waals surface area contributed by atoms with Crippen LogP contribution in [-0.2, 0) is 4.18 Å². The van der Waals surface area contributed by atoms with Crippen molar-refractivity contribution in [1.29, 1.82) is 0 Å². The fourth-order valence-corrected chi connectivity index (χ4v) is 10.4. The summed E-state index contributed by atoms with van der Waals surface area (Å²) in [7, 11) is -1.74. The van der Waals surface area contributed by atoms with Gasteiger partial charge in [-0.2, -0.15) is 0 Å². The zero-order chi connectivity index (χ0) is 19.9. The Hall–Kier alpha value is -1.66. The van der Waals surface area contributed by atoms with Crippen molar-refractivity contribution in [2.45, 2.75) is 40.9 Å². The molecule has 0 saturated carbocycles. The molecule has 2 aromatic carbocycles. The van der Waals surface area contributed by atoms with E-state index in [4.69, 9.17) is 9.17 Å². The second kappa shape index (κ2) is 7.55. The number of hydrogen-bond acceptors (Lipinski definition) is 4. The number of piperidine rings is 1. The van der Waals surface area contributed by atoms with E-state index in [9.17, 15) is 0 Å². The number of nitrogens with zero attached hydrogens (tertiary/aromatic N) is 1. The van der Waals surface area contributed by atoms with Crippen LogP contribution < -0.4 is 5.32 Å². The lowest BCUT2D eigenvalue weighted by atomic mass is 9.75. The summed E-state index contributed by atoms with van der Waals surface area (Å²) in [5.41, 5.74) is 0. The van der Waals surface area contributed by atoms with Crippen LogP contribution in [0.15, 0.2) is 82.0 Å². The van der Waals surface area contributed by atoms with Crippen LogP contribution in [0.4, 0.5) is 0 Å². The lowest BCUT2D eigenvalue weighted by molar-refractivity contribution is 0.0396. The van der Waals surface area contributed by atoms with Gasteiger partial charge < -0.3 is 9.50 Å². The molecule has 5 heteroatoms. The quantitative estimate of drug-likeness (QED) is 0.555. The summed E-state index contributed by atoms with van der Waals surface area (Å²) in [6.07, 6.45) is 3.12. The lowest BCUT2D eigenvalue weighted by Crippen LogP contribution is -2.55. The highest BCUT2D eigenvalue weighted by atomic mass is 32.3. The molecule has 3 nitrogen and oxygen atoms in total. The number of thiazole rings is 1. The van der Waals surface area contributed by atoms with E-state index in [-0.39, 0.29) is 10.9 Å². The molecule has 0 radical (unpaired) electrons. The van der Waals surface area contributed by atoms with E-state index >= 15 is 0 Å². The summed E-state index contributed by atoms with van der Waals surface area (Å²) in [5.74, 6) is 1.01. The number of fused-ring (bicyclic) bond motifs is 1. The predicted octanol–water partition coefficient (Wildman–Crippen LogP) is 6.06. The van der Waals surface area contributed by atoms with Crippen molar-refractivity contribution in [1.82, 2.24) is 10.3 Å². The van der Waals surface area contributed by atoms with E-state index in [1.54, 1.807) is 11.3 Å². The summed E-state index contributed by atoms with van der Waals surface area (Å²) >= 11 is 1.73. The van der Waals surface area contributed by atoms with Gasteiger partial charge in [-0.15, -0.1) is 11.3 Å². The number of hydrogen-bond donors (Lipinski definition) is 1. The van der Waals surface area contributed by atoms with Gasteiger partial charge in [-0.05, 0) is 57.0 Å². The van der Waals surface area contributed by atoms with Gasteiger partial charge >= 0.3 is 0 Å². The van der Waals surface area contributed by atoms with E-state index in [2.05, 4.69) is 85.2 Å².